The van der Waals surface area contributed by atoms with Gasteiger partial charge in [0.15, 0.2) is 11.7 Å². The number of aromatic nitrogens is 1. The highest BCUT2D eigenvalue weighted by Gasteiger charge is 2.08. The van der Waals surface area contributed by atoms with Crippen molar-refractivity contribution >= 4 is 5.96 Å². The average molecular weight is 338 g/mol. The number of nitrogens with one attached hydrogen (secondary N) is 2. The molecule has 0 amide bonds. The maximum Gasteiger partial charge on any atom is 0.191 e. The fourth-order valence-corrected chi connectivity index (χ4v) is 2.55. The van der Waals surface area contributed by atoms with Gasteiger partial charge in [-0.15, -0.1) is 0 Å². The lowest BCUT2D eigenvalue weighted by Crippen LogP contribution is -2.38. The van der Waals surface area contributed by atoms with Crippen molar-refractivity contribution in [2.45, 2.75) is 59.4 Å². The zero-order chi connectivity index (χ0) is 17.8. The summed E-state index contributed by atoms with van der Waals surface area (Å²) < 4.78 is 5.33. The molecule has 0 aliphatic heterocycles. The van der Waals surface area contributed by atoms with Crippen molar-refractivity contribution in [2.75, 3.05) is 33.2 Å². The average Bonchev–Trinajstić information content (AvgIpc) is 3.04. The number of aliphatic imine (C=N–C) groups is 1. The van der Waals surface area contributed by atoms with Gasteiger partial charge in [0.25, 0.3) is 0 Å². The fraction of sp³-hybridized carbons (Fsp3) is 0.778. The summed E-state index contributed by atoms with van der Waals surface area (Å²) in [6.07, 6.45) is 3.54. The molecule has 0 atom stereocenters. The van der Waals surface area contributed by atoms with Crippen LogP contribution >= 0.6 is 0 Å². The molecular weight excluding hydrogens is 302 g/mol. The van der Waals surface area contributed by atoms with E-state index in [1.165, 1.54) is 25.9 Å². The van der Waals surface area contributed by atoms with Crippen LogP contribution in [0.5, 0.6) is 0 Å². The van der Waals surface area contributed by atoms with Crippen LogP contribution in [0.3, 0.4) is 0 Å². The van der Waals surface area contributed by atoms with E-state index >= 15 is 0 Å². The lowest BCUT2D eigenvalue weighted by atomic mass is 10.1. The molecule has 0 unspecified atom stereocenters. The van der Waals surface area contributed by atoms with E-state index < -0.39 is 0 Å². The Morgan fingerprint density at radius 3 is 2.46 bits per heavy atom. The lowest BCUT2D eigenvalue weighted by molar-refractivity contribution is 0.271. The maximum absolute atomic E-state index is 5.33. The third kappa shape index (κ3) is 7.81. The minimum absolute atomic E-state index is 0.383. The molecule has 138 valence electrons. The molecule has 1 rings (SSSR count). The highest BCUT2D eigenvalue weighted by molar-refractivity contribution is 5.79. The van der Waals surface area contributed by atoms with Crippen LogP contribution in [0.4, 0.5) is 0 Å². The molecule has 1 heterocycles. The summed E-state index contributed by atoms with van der Waals surface area (Å²) in [5, 5.41) is 10.7. The number of nitrogens with zero attached hydrogens (tertiary/aromatic N) is 3. The summed E-state index contributed by atoms with van der Waals surface area (Å²) in [7, 11) is 1.79. The van der Waals surface area contributed by atoms with Gasteiger partial charge in [-0.05, 0) is 44.8 Å². The van der Waals surface area contributed by atoms with E-state index in [1.807, 2.05) is 6.07 Å². The van der Waals surface area contributed by atoms with Crippen LogP contribution in [-0.2, 0) is 6.54 Å². The van der Waals surface area contributed by atoms with Crippen molar-refractivity contribution in [3.05, 3.63) is 17.5 Å². The summed E-state index contributed by atoms with van der Waals surface area (Å²) in [5.41, 5.74) is 0.988. The van der Waals surface area contributed by atoms with Gasteiger partial charge in [0.1, 0.15) is 0 Å². The third-order valence-electron chi connectivity index (χ3n) is 3.85. The zero-order valence-corrected chi connectivity index (χ0v) is 16.1. The van der Waals surface area contributed by atoms with E-state index in [1.54, 1.807) is 7.05 Å². The van der Waals surface area contributed by atoms with Gasteiger partial charge in [0.05, 0.1) is 12.2 Å². The Kier molecular flexibility index (Phi) is 10.2. The molecule has 0 radical (unpaired) electrons. The van der Waals surface area contributed by atoms with Gasteiger partial charge in [0.2, 0.25) is 0 Å². The van der Waals surface area contributed by atoms with E-state index in [-0.39, 0.29) is 0 Å². The minimum atomic E-state index is 0.383. The second-order valence-corrected chi connectivity index (χ2v) is 6.42. The first-order valence-electron chi connectivity index (χ1n) is 9.23. The van der Waals surface area contributed by atoms with E-state index in [9.17, 15) is 0 Å². The largest absolute Gasteiger partial charge is 0.359 e. The quantitative estimate of drug-likeness (QED) is 0.369. The van der Waals surface area contributed by atoms with Crippen molar-refractivity contribution in [2.24, 2.45) is 4.99 Å². The smallest absolute Gasteiger partial charge is 0.191 e. The molecule has 0 saturated heterocycles. The van der Waals surface area contributed by atoms with Crippen molar-refractivity contribution < 1.29 is 4.52 Å². The Balaban J connectivity index is 2.27. The molecule has 24 heavy (non-hydrogen) atoms. The van der Waals surface area contributed by atoms with Crippen LogP contribution in [-0.4, -0.2) is 49.2 Å². The van der Waals surface area contributed by atoms with E-state index in [0.29, 0.717) is 12.5 Å². The molecule has 1 aromatic rings. The zero-order valence-electron chi connectivity index (χ0n) is 16.1. The SMILES string of the molecule is CCCN(CCC)CCCNC(=NC)NCc1cc(C(C)C)no1. The first kappa shape index (κ1) is 20.5. The Hall–Kier alpha value is -1.56. The number of rotatable bonds is 11. The molecule has 0 aliphatic rings. The Bertz CT molecular complexity index is 464. The van der Waals surface area contributed by atoms with Crippen molar-refractivity contribution in [3.8, 4) is 0 Å². The van der Waals surface area contributed by atoms with Gasteiger partial charge in [-0.2, -0.15) is 0 Å². The highest BCUT2D eigenvalue weighted by atomic mass is 16.5. The molecule has 2 N–H and O–H groups in total. The molecule has 0 saturated carbocycles. The predicted molar refractivity (Wildman–Crippen MR) is 100 cm³/mol. The monoisotopic (exact) mass is 337 g/mol. The predicted octanol–water partition coefficient (Wildman–Crippen LogP) is 2.98. The van der Waals surface area contributed by atoms with Crippen LogP contribution in [0.2, 0.25) is 0 Å². The van der Waals surface area contributed by atoms with Crippen molar-refractivity contribution in [1.82, 2.24) is 20.7 Å². The summed E-state index contributed by atoms with van der Waals surface area (Å²) in [5.74, 6) is 2.02. The molecule has 0 bridgehead atoms. The minimum Gasteiger partial charge on any atom is -0.359 e. The van der Waals surface area contributed by atoms with Crippen LogP contribution < -0.4 is 10.6 Å². The van der Waals surface area contributed by atoms with Crippen molar-refractivity contribution in [3.63, 3.8) is 0 Å². The molecule has 0 spiro atoms. The molecule has 6 nitrogen and oxygen atoms in total. The second kappa shape index (κ2) is 11.9. The molecule has 0 aliphatic carbocycles. The van der Waals surface area contributed by atoms with E-state index in [2.05, 4.69) is 53.4 Å². The van der Waals surface area contributed by atoms with Crippen molar-refractivity contribution in [1.29, 1.82) is 0 Å². The highest BCUT2D eigenvalue weighted by Crippen LogP contribution is 2.13. The summed E-state index contributed by atoms with van der Waals surface area (Å²) in [4.78, 5) is 6.78. The summed E-state index contributed by atoms with van der Waals surface area (Å²) in [6.45, 7) is 13.7. The van der Waals surface area contributed by atoms with Gasteiger partial charge in [-0.1, -0.05) is 32.9 Å². The number of guanidine groups is 1. The number of hydrogen-bond donors (Lipinski definition) is 2. The second-order valence-electron chi connectivity index (χ2n) is 6.42. The van der Waals surface area contributed by atoms with E-state index in [4.69, 9.17) is 4.52 Å². The van der Waals surface area contributed by atoms with Crippen LogP contribution in [0.25, 0.3) is 0 Å². The molecule has 0 fully saturated rings. The lowest BCUT2D eigenvalue weighted by Gasteiger charge is -2.21. The normalized spacial score (nSPS) is 12.2. The van der Waals surface area contributed by atoms with Crippen LogP contribution in [0.1, 0.15) is 64.3 Å². The van der Waals surface area contributed by atoms with Gasteiger partial charge in [-0.25, -0.2) is 0 Å². The molecule has 6 heteroatoms. The van der Waals surface area contributed by atoms with Gasteiger partial charge < -0.3 is 20.1 Å². The van der Waals surface area contributed by atoms with Gasteiger partial charge >= 0.3 is 0 Å². The van der Waals surface area contributed by atoms with E-state index in [0.717, 1.165) is 36.9 Å². The van der Waals surface area contributed by atoms with Crippen LogP contribution in [0, 0.1) is 0 Å². The third-order valence-corrected chi connectivity index (χ3v) is 3.85. The Morgan fingerprint density at radius 1 is 1.21 bits per heavy atom. The summed E-state index contributed by atoms with van der Waals surface area (Å²) >= 11 is 0. The number of hydrogen-bond acceptors (Lipinski definition) is 4. The van der Waals surface area contributed by atoms with Gasteiger partial charge in [-0.3, -0.25) is 4.99 Å². The molecule has 1 aromatic heterocycles. The first-order valence-corrected chi connectivity index (χ1v) is 9.23. The van der Waals surface area contributed by atoms with Gasteiger partial charge in [0, 0.05) is 19.7 Å². The first-order chi connectivity index (χ1) is 11.6. The Labute approximate surface area is 147 Å². The molecular formula is C18H35N5O. The maximum atomic E-state index is 5.33. The standard InChI is InChI=1S/C18H35N5O/c1-6-10-23(11-7-2)12-8-9-20-18(19-5)21-14-16-13-17(15(3)4)22-24-16/h13,15H,6-12,14H2,1-5H3,(H2,19,20,21). The molecule has 0 aromatic carbocycles. The topological polar surface area (TPSA) is 65.7 Å². The Morgan fingerprint density at radius 2 is 1.92 bits per heavy atom. The van der Waals surface area contributed by atoms with Crippen LogP contribution in [0.15, 0.2) is 15.6 Å². The fourth-order valence-electron chi connectivity index (χ4n) is 2.55. The summed E-state index contributed by atoms with van der Waals surface area (Å²) in [6, 6.07) is 2.00.